The van der Waals surface area contributed by atoms with Crippen LogP contribution >= 0.6 is 0 Å². The molecule has 1 heterocycles. The summed E-state index contributed by atoms with van der Waals surface area (Å²) in [6.07, 6.45) is 6.40. The fourth-order valence-corrected chi connectivity index (χ4v) is 2.29. The molecule has 2 nitrogen and oxygen atoms in total. The molecule has 1 saturated heterocycles. The summed E-state index contributed by atoms with van der Waals surface area (Å²) in [6.45, 7) is 5.26. The maximum absolute atomic E-state index is 9.88. The monoisotopic (exact) mass is 183 g/mol. The van der Waals surface area contributed by atoms with Crippen LogP contribution in [0, 0.1) is 5.92 Å². The van der Waals surface area contributed by atoms with Crippen molar-refractivity contribution < 1.29 is 5.11 Å². The first-order valence-electron chi connectivity index (χ1n) is 5.60. The highest BCUT2D eigenvalue weighted by atomic mass is 16.3. The van der Waals surface area contributed by atoms with Crippen LogP contribution in [0.15, 0.2) is 0 Å². The highest BCUT2D eigenvalue weighted by molar-refractivity contribution is 4.84. The number of piperidine rings is 1. The lowest BCUT2D eigenvalue weighted by atomic mass is 9.95. The molecule has 1 saturated carbocycles. The summed E-state index contributed by atoms with van der Waals surface area (Å²) in [5.74, 6) is 1.02. The number of hydrogen-bond acceptors (Lipinski definition) is 2. The Morgan fingerprint density at radius 2 is 2.23 bits per heavy atom. The van der Waals surface area contributed by atoms with Crippen LogP contribution in [0.1, 0.15) is 39.0 Å². The Hall–Kier alpha value is -0.0800. The number of rotatable bonds is 3. The third-order valence-corrected chi connectivity index (χ3v) is 3.30. The molecular weight excluding hydrogens is 162 g/mol. The number of likely N-dealkylation sites (tertiary alicyclic amines) is 1. The predicted octanol–water partition coefficient (Wildman–Crippen LogP) is 1.63. The quantitative estimate of drug-likeness (QED) is 0.719. The molecule has 76 valence electrons. The zero-order valence-electron chi connectivity index (χ0n) is 8.63. The first-order valence-corrected chi connectivity index (χ1v) is 5.60. The van der Waals surface area contributed by atoms with Gasteiger partial charge in [0.2, 0.25) is 0 Å². The maximum atomic E-state index is 9.88. The van der Waals surface area contributed by atoms with Gasteiger partial charge in [0.05, 0.1) is 5.60 Å². The van der Waals surface area contributed by atoms with E-state index in [0.29, 0.717) is 0 Å². The number of hydrogen-bond donors (Lipinski definition) is 1. The Morgan fingerprint density at radius 3 is 2.85 bits per heavy atom. The summed E-state index contributed by atoms with van der Waals surface area (Å²) in [6, 6.07) is 0. The van der Waals surface area contributed by atoms with Gasteiger partial charge < -0.3 is 10.0 Å². The molecule has 0 bridgehead atoms. The van der Waals surface area contributed by atoms with Gasteiger partial charge in [0.15, 0.2) is 0 Å². The lowest BCUT2D eigenvalue weighted by Crippen LogP contribution is -2.46. The van der Waals surface area contributed by atoms with Crippen molar-refractivity contribution >= 4 is 0 Å². The van der Waals surface area contributed by atoms with Crippen molar-refractivity contribution in [3.05, 3.63) is 0 Å². The van der Waals surface area contributed by atoms with Gasteiger partial charge in [-0.05, 0) is 45.2 Å². The van der Waals surface area contributed by atoms with Crippen LogP contribution in [0.25, 0.3) is 0 Å². The Bertz CT molecular complexity index is 175. The van der Waals surface area contributed by atoms with Gasteiger partial charge >= 0.3 is 0 Å². The summed E-state index contributed by atoms with van der Waals surface area (Å²) in [4.78, 5) is 2.43. The Kier molecular flexibility index (Phi) is 2.61. The van der Waals surface area contributed by atoms with Gasteiger partial charge in [-0.2, -0.15) is 0 Å². The topological polar surface area (TPSA) is 23.5 Å². The predicted molar refractivity (Wildman–Crippen MR) is 53.6 cm³/mol. The van der Waals surface area contributed by atoms with E-state index in [0.717, 1.165) is 25.3 Å². The molecule has 13 heavy (non-hydrogen) atoms. The smallest absolute Gasteiger partial charge is 0.0746 e. The van der Waals surface area contributed by atoms with Crippen LogP contribution in [0.4, 0.5) is 0 Å². The average molecular weight is 183 g/mol. The van der Waals surface area contributed by atoms with Crippen LogP contribution < -0.4 is 0 Å². The SMILES string of the molecule is CC1(O)CCCN(CCC2CC2)C1. The second kappa shape index (κ2) is 3.58. The van der Waals surface area contributed by atoms with E-state index in [4.69, 9.17) is 0 Å². The van der Waals surface area contributed by atoms with Crippen LogP contribution in [0.3, 0.4) is 0 Å². The third kappa shape index (κ3) is 2.96. The number of β-amino-alcohol motifs (C(OH)–C–C–N with tert-alkyl or cyclic N) is 1. The zero-order valence-corrected chi connectivity index (χ0v) is 8.63. The van der Waals surface area contributed by atoms with E-state index in [9.17, 15) is 5.11 Å². The van der Waals surface area contributed by atoms with Crippen molar-refractivity contribution in [2.24, 2.45) is 5.92 Å². The highest BCUT2D eigenvalue weighted by Gasteiger charge is 2.29. The average Bonchev–Trinajstić information content (AvgIpc) is 2.82. The summed E-state index contributed by atoms with van der Waals surface area (Å²) >= 11 is 0. The largest absolute Gasteiger partial charge is 0.389 e. The van der Waals surface area contributed by atoms with Gasteiger partial charge in [-0.3, -0.25) is 0 Å². The number of nitrogens with zero attached hydrogens (tertiary/aromatic N) is 1. The van der Waals surface area contributed by atoms with Crippen molar-refractivity contribution in [3.63, 3.8) is 0 Å². The molecule has 2 fully saturated rings. The van der Waals surface area contributed by atoms with E-state index in [1.807, 2.05) is 6.92 Å². The molecule has 1 atom stereocenters. The minimum atomic E-state index is -0.415. The van der Waals surface area contributed by atoms with Gasteiger partial charge in [0.25, 0.3) is 0 Å². The van der Waals surface area contributed by atoms with Gasteiger partial charge in [-0.25, -0.2) is 0 Å². The van der Waals surface area contributed by atoms with E-state index in [1.54, 1.807) is 0 Å². The summed E-state index contributed by atoms with van der Waals surface area (Å²) in [7, 11) is 0. The fourth-order valence-electron chi connectivity index (χ4n) is 2.29. The number of aliphatic hydroxyl groups is 1. The lowest BCUT2D eigenvalue weighted by molar-refractivity contribution is -0.0160. The molecule has 0 aromatic carbocycles. The summed E-state index contributed by atoms with van der Waals surface area (Å²) in [5.41, 5.74) is -0.415. The van der Waals surface area contributed by atoms with Crippen molar-refractivity contribution in [2.75, 3.05) is 19.6 Å². The minimum absolute atomic E-state index is 0.415. The van der Waals surface area contributed by atoms with Gasteiger partial charge in [-0.15, -0.1) is 0 Å². The van der Waals surface area contributed by atoms with Crippen LogP contribution in [-0.4, -0.2) is 35.2 Å². The molecule has 2 rings (SSSR count). The van der Waals surface area contributed by atoms with E-state index < -0.39 is 5.60 Å². The molecule has 0 aromatic heterocycles. The molecule has 0 spiro atoms. The Labute approximate surface area is 80.9 Å². The molecule has 0 radical (unpaired) electrons. The van der Waals surface area contributed by atoms with Crippen molar-refractivity contribution in [2.45, 2.75) is 44.6 Å². The summed E-state index contributed by atoms with van der Waals surface area (Å²) in [5, 5.41) is 9.88. The Morgan fingerprint density at radius 1 is 1.46 bits per heavy atom. The molecule has 1 unspecified atom stereocenters. The van der Waals surface area contributed by atoms with Crippen LogP contribution in [0.5, 0.6) is 0 Å². The standard InChI is InChI=1S/C11H21NO/c1-11(13)6-2-7-12(9-11)8-5-10-3-4-10/h10,13H,2-9H2,1H3. The van der Waals surface area contributed by atoms with Crippen LogP contribution in [0.2, 0.25) is 0 Å². The van der Waals surface area contributed by atoms with Crippen molar-refractivity contribution in [1.82, 2.24) is 4.90 Å². The minimum Gasteiger partial charge on any atom is -0.389 e. The molecule has 0 amide bonds. The lowest BCUT2D eigenvalue weighted by Gasteiger charge is -2.36. The molecule has 1 aliphatic heterocycles. The van der Waals surface area contributed by atoms with Crippen molar-refractivity contribution in [1.29, 1.82) is 0 Å². The maximum Gasteiger partial charge on any atom is 0.0746 e. The Balaban J connectivity index is 1.71. The third-order valence-electron chi connectivity index (χ3n) is 3.30. The van der Waals surface area contributed by atoms with E-state index in [2.05, 4.69) is 4.90 Å². The molecule has 0 aromatic rings. The van der Waals surface area contributed by atoms with E-state index in [1.165, 1.54) is 32.4 Å². The first kappa shape index (κ1) is 9.47. The van der Waals surface area contributed by atoms with Gasteiger partial charge in [0.1, 0.15) is 0 Å². The molecule has 1 N–H and O–H groups in total. The normalized spacial score (nSPS) is 36.5. The molecule has 2 heteroatoms. The molecule has 1 aliphatic carbocycles. The highest BCUT2D eigenvalue weighted by Crippen LogP contribution is 2.33. The molecule has 2 aliphatic rings. The fraction of sp³-hybridized carbons (Fsp3) is 1.00. The second-order valence-electron chi connectivity index (χ2n) is 5.11. The van der Waals surface area contributed by atoms with Crippen molar-refractivity contribution in [3.8, 4) is 0 Å². The first-order chi connectivity index (χ1) is 6.16. The van der Waals surface area contributed by atoms with Gasteiger partial charge in [-0.1, -0.05) is 12.8 Å². The van der Waals surface area contributed by atoms with Crippen LogP contribution in [-0.2, 0) is 0 Å². The summed E-state index contributed by atoms with van der Waals surface area (Å²) < 4.78 is 0. The second-order valence-corrected chi connectivity index (χ2v) is 5.11. The molecular formula is C11H21NO. The van der Waals surface area contributed by atoms with E-state index >= 15 is 0 Å². The van der Waals surface area contributed by atoms with E-state index in [-0.39, 0.29) is 0 Å². The van der Waals surface area contributed by atoms with Gasteiger partial charge in [0, 0.05) is 6.54 Å². The zero-order chi connectivity index (χ0) is 9.31.